The SMILES string of the molecule is NC(c1ccccc1)c1c[nH]c(=O)[nH]c1=O. The van der Waals surface area contributed by atoms with Gasteiger partial charge in [-0.2, -0.15) is 0 Å². The highest BCUT2D eigenvalue weighted by molar-refractivity contribution is 5.27. The fraction of sp³-hybridized carbons (Fsp3) is 0.0909. The van der Waals surface area contributed by atoms with E-state index in [-0.39, 0.29) is 0 Å². The van der Waals surface area contributed by atoms with Crippen molar-refractivity contribution in [3.05, 3.63) is 68.5 Å². The Bertz CT molecular complexity index is 586. The lowest BCUT2D eigenvalue weighted by Crippen LogP contribution is -2.29. The van der Waals surface area contributed by atoms with Crippen LogP contribution >= 0.6 is 0 Å². The molecule has 0 saturated heterocycles. The van der Waals surface area contributed by atoms with Gasteiger partial charge in [0.05, 0.1) is 11.6 Å². The molecular formula is C11H11N3O2. The van der Waals surface area contributed by atoms with E-state index in [0.29, 0.717) is 5.56 Å². The summed E-state index contributed by atoms with van der Waals surface area (Å²) in [5.41, 5.74) is 6.09. The molecule has 4 N–H and O–H groups in total. The second-order valence-corrected chi connectivity index (χ2v) is 3.42. The predicted molar refractivity (Wildman–Crippen MR) is 60.2 cm³/mol. The number of H-pyrrole nitrogens is 2. The third-order valence-electron chi connectivity index (χ3n) is 2.34. The van der Waals surface area contributed by atoms with Crippen LogP contribution in [0.2, 0.25) is 0 Å². The molecule has 5 nitrogen and oxygen atoms in total. The number of benzene rings is 1. The van der Waals surface area contributed by atoms with Gasteiger partial charge in [-0.3, -0.25) is 9.78 Å². The summed E-state index contributed by atoms with van der Waals surface area (Å²) in [5.74, 6) is 0. The van der Waals surface area contributed by atoms with Crippen molar-refractivity contribution in [3.63, 3.8) is 0 Å². The van der Waals surface area contributed by atoms with Crippen LogP contribution in [0.15, 0.2) is 46.1 Å². The third kappa shape index (κ3) is 1.94. The molecule has 0 saturated carbocycles. The first kappa shape index (κ1) is 10.4. The molecule has 0 aliphatic heterocycles. The van der Waals surface area contributed by atoms with E-state index >= 15 is 0 Å². The molecule has 1 atom stereocenters. The molecule has 1 heterocycles. The van der Waals surface area contributed by atoms with Crippen LogP contribution in [0.3, 0.4) is 0 Å². The van der Waals surface area contributed by atoms with Crippen LogP contribution in [-0.2, 0) is 0 Å². The van der Waals surface area contributed by atoms with Crippen molar-refractivity contribution in [2.45, 2.75) is 6.04 Å². The van der Waals surface area contributed by atoms with Crippen LogP contribution in [-0.4, -0.2) is 9.97 Å². The average molecular weight is 217 g/mol. The van der Waals surface area contributed by atoms with Crippen molar-refractivity contribution in [2.24, 2.45) is 5.73 Å². The van der Waals surface area contributed by atoms with Crippen molar-refractivity contribution in [1.82, 2.24) is 9.97 Å². The van der Waals surface area contributed by atoms with E-state index < -0.39 is 17.3 Å². The van der Waals surface area contributed by atoms with Gasteiger partial charge in [0.15, 0.2) is 0 Å². The number of nitrogens with one attached hydrogen (secondary N) is 2. The normalized spacial score (nSPS) is 12.3. The average Bonchev–Trinajstić information content (AvgIpc) is 2.29. The maximum absolute atomic E-state index is 11.5. The Morgan fingerprint density at radius 1 is 1.12 bits per heavy atom. The van der Waals surface area contributed by atoms with Gasteiger partial charge in [-0.15, -0.1) is 0 Å². The molecule has 0 radical (unpaired) electrons. The molecule has 2 aromatic rings. The number of hydrogen-bond donors (Lipinski definition) is 3. The molecule has 0 fully saturated rings. The molecule has 5 heteroatoms. The highest BCUT2D eigenvalue weighted by Gasteiger charge is 2.12. The molecule has 82 valence electrons. The standard InChI is InChI=1S/C11H11N3O2/c12-9(7-4-2-1-3-5-7)8-6-13-11(16)14-10(8)15/h1-6,9H,12H2,(H2,13,14,15,16). The Balaban J connectivity index is 2.46. The first-order valence-electron chi connectivity index (χ1n) is 4.81. The number of hydrogen-bond acceptors (Lipinski definition) is 3. The summed E-state index contributed by atoms with van der Waals surface area (Å²) in [5, 5.41) is 0. The van der Waals surface area contributed by atoms with Gasteiger partial charge in [0.1, 0.15) is 0 Å². The maximum Gasteiger partial charge on any atom is 0.325 e. The van der Waals surface area contributed by atoms with Crippen LogP contribution in [0.4, 0.5) is 0 Å². The summed E-state index contributed by atoms with van der Waals surface area (Å²) in [6.45, 7) is 0. The lowest BCUT2D eigenvalue weighted by molar-refractivity contribution is 0.825. The molecule has 2 rings (SSSR count). The smallest absolute Gasteiger partial charge is 0.320 e. The van der Waals surface area contributed by atoms with E-state index in [1.807, 2.05) is 30.3 Å². The van der Waals surface area contributed by atoms with Gasteiger partial charge in [-0.05, 0) is 5.56 Å². The summed E-state index contributed by atoms with van der Waals surface area (Å²) in [6, 6.07) is 8.67. The number of nitrogens with two attached hydrogens (primary N) is 1. The topological polar surface area (TPSA) is 91.7 Å². The highest BCUT2D eigenvalue weighted by Crippen LogP contribution is 2.14. The second-order valence-electron chi connectivity index (χ2n) is 3.42. The zero-order valence-electron chi connectivity index (χ0n) is 8.44. The highest BCUT2D eigenvalue weighted by atomic mass is 16.2. The predicted octanol–water partition coefficient (Wildman–Crippen LogP) is 0.111. The van der Waals surface area contributed by atoms with E-state index in [0.717, 1.165) is 5.56 Å². The fourth-order valence-corrected chi connectivity index (χ4v) is 1.49. The van der Waals surface area contributed by atoms with Crippen molar-refractivity contribution in [2.75, 3.05) is 0 Å². The number of rotatable bonds is 2. The lowest BCUT2D eigenvalue weighted by Gasteiger charge is -2.10. The fourth-order valence-electron chi connectivity index (χ4n) is 1.49. The van der Waals surface area contributed by atoms with Gasteiger partial charge in [0.2, 0.25) is 0 Å². The molecule has 0 bridgehead atoms. The number of aromatic amines is 2. The molecular weight excluding hydrogens is 206 g/mol. The summed E-state index contributed by atoms with van der Waals surface area (Å²) in [7, 11) is 0. The van der Waals surface area contributed by atoms with Gasteiger partial charge in [0, 0.05) is 6.20 Å². The van der Waals surface area contributed by atoms with E-state index in [4.69, 9.17) is 5.73 Å². The Labute approximate surface area is 91.0 Å². The van der Waals surface area contributed by atoms with Crippen LogP contribution in [0.5, 0.6) is 0 Å². The molecule has 16 heavy (non-hydrogen) atoms. The molecule has 0 spiro atoms. The van der Waals surface area contributed by atoms with Crippen LogP contribution in [0, 0.1) is 0 Å². The Hall–Kier alpha value is -2.14. The molecule has 0 aliphatic carbocycles. The Morgan fingerprint density at radius 3 is 2.44 bits per heavy atom. The summed E-state index contributed by atoms with van der Waals surface area (Å²) in [4.78, 5) is 26.9. The van der Waals surface area contributed by atoms with Crippen molar-refractivity contribution in [1.29, 1.82) is 0 Å². The number of aromatic nitrogens is 2. The summed E-state index contributed by atoms with van der Waals surface area (Å²) >= 11 is 0. The van der Waals surface area contributed by atoms with E-state index in [2.05, 4.69) is 9.97 Å². The maximum atomic E-state index is 11.5. The van der Waals surface area contributed by atoms with Gasteiger partial charge in [0.25, 0.3) is 5.56 Å². The summed E-state index contributed by atoms with van der Waals surface area (Å²) < 4.78 is 0. The van der Waals surface area contributed by atoms with Crippen molar-refractivity contribution >= 4 is 0 Å². The minimum Gasteiger partial charge on any atom is -0.320 e. The minimum absolute atomic E-state index is 0.339. The van der Waals surface area contributed by atoms with Crippen molar-refractivity contribution < 1.29 is 0 Å². The molecule has 0 aliphatic rings. The van der Waals surface area contributed by atoms with Crippen LogP contribution in [0.1, 0.15) is 17.2 Å². The van der Waals surface area contributed by atoms with E-state index in [1.165, 1.54) is 6.20 Å². The molecule has 1 aromatic carbocycles. The summed E-state index contributed by atoms with van der Waals surface area (Å²) in [6.07, 6.45) is 1.35. The molecule has 1 unspecified atom stereocenters. The van der Waals surface area contributed by atoms with Crippen molar-refractivity contribution in [3.8, 4) is 0 Å². The van der Waals surface area contributed by atoms with Gasteiger partial charge in [-0.25, -0.2) is 4.79 Å². The first-order valence-corrected chi connectivity index (χ1v) is 4.81. The first-order chi connectivity index (χ1) is 7.68. The second kappa shape index (κ2) is 4.16. The van der Waals surface area contributed by atoms with Crippen LogP contribution < -0.4 is 17.0 Å². The van der Waals surface area contributed by atoms with Gasteiger partial charge >= 0.3 is 5.69 Å². The zero-order chi connectivity index (χ0) is 11.5. The van der Waals surface area contributed by atoms with E-state index in [9.17, 15) is 9.59 Å². The minimum atomic E-state index is -0.540. The lowest BCUT2D eigenvalue weighted by atomic mass is 10.0. The zero-order valence-corrected chi connectivity index (χ0v) is 8.44. The Kier molecular flexibility index (Phi) is 2.70. The van der Waals surface area contributed by atoms with Crippen LogP contribution in [0.25, 0.3) is 0 Å². The molecule has 0 amide bonds. The van der Waals surface area contributed by atoms with Gasteiger partial charge < -0.3 is 10.7 Å². The largest absolute Gasteiger partial charge is 0.325 e. The van der Waals surface area contributed by atoms with E-state index in [1.54, 1.807) is 0 Å². The monoisotopic (exact) mass is 217 g/mol. The Morgan fingerprint density at radius 2 is 1.81 bits per heavy atom. The van der Waals surface area contributed by atoms with Gasteiger partial charge in [-0.1, -0.05) is 30.3 Å². The molecule has 1 aromatic heterocycles. The quantitative estimate of drug-likeness (QED) is 0.666. The third-order valence-corrected chi connectivity index (χ3v) is 2.34.